The fourth-order valence-electron chi connectivity index (χ4n) is 4.96. The number of halogens is 1. The summed E-state index contributed by atoms with van der Waals surface area (Å²) in [6.45, 7) is 7.27. The molecule has 0 aliphatic heterocycles. The fraction of sp³-hybridized carbons (Fsp3) is 0.267. The van der Waals surface area contributed by atoms with Crippen LogP contribution in [0.1, 0.15) is 91.6 Å². The Balaban J connectivity index is 1.44. The van der Waals surface area contributed by atoms with Crippen LogP contribution in [0.4, 0.5) is 5.69 Å². The molecule has 0 spiro atoms. The van der Waals surface area contributed by atoms with Gasteiger partial charge in [-0.3, -0.25) is 9.59 Å². The number of ether oxygens (including phenoxy) is 1. The zero-order valence-electron chi connectivity index (χ0n) is 23.3. The van der Waals surface area contributed by atoms with E-state index in [0.29, 0.717) is 29.1 Å². The molecular weight excluding hydrogens is 562 g/mol. The minimum absolute atomic E-state index is 0.0384. The van der Waals surface area contributed by atoms with E-state index in [1.165, 1.54) is 6.20 Å². The summed E-state index contributed by atoms with van der Waals surface area (Å²) in [7, 11) is 0. The van der Waals surface area contributed by atoms with E-state index in [-0.39, 0.29) is 16.9 Å². The summed E-state index contributed by atoms with van der Waals surface area (Å²) in [6, 6.07) is 10.8. The number of hydrogen-bond donors (Lipinski definition) is 3. The van der Waals surface area contributed by atoms with Crippen molar-refractivity contribution in [3.8, 4) is 0 Å². The summed E-state index contributed by atoms with van der Waals surface area (Å²) >= 11 is 6.15. The molecule has 3 N–H and O–H groups in total. The van der Waals surface area contributed by atoms with Crippen molar-refractivity contribution in [3.05, 3.63) is 92.9 Å². The number of carbonyl (C=O) groups is 4. The van der Waals surface area contributed by atoms with Crippen molar-refractivity contribution in [2.75, 3.05) is 5.32 Å². The minimum Gasteiger partial charge on any atom is -0.477 e. The van der Waals surface area contributed by atoms with E-state index in [9.17, 15) is 24.3 Å². The van der Waals surface area contributed by atoms with Crippen molar-refractivity contribution in [2.24, 2.45) is 0 Å². The largest absolute Gasteiger partial charge is 0.477 e. The minimum atomic E-state index is -1.37. The van der Waals surface area contributed by atoms with Crippen LogP contribution in [0.2, 0.25) is 5.02 Å². The lowest BCUT2D eigenvalue weighted by atomic mass is 9.97. The molecule has 0 saturated carbocycles. The van der Waals surface area contributed by atoms with E-state index in [4.69, 9.17) is 16.3 Å². The predicted molar refractivity (Wildman–Crippen MR) is 154 cm³/mol. The maximum absolute atomic E-state index is 13.5. The lowest BCUT2D eigenvalue weighted by Crippen LogP contribution is -2.30. The van der Waals surface area contributed by atoms with Crippen LogP contribution in [0.25, 0.3) is 5.65 Å². The van der Waals surface area contributed by atoms with Gasteiger partial charge in [-0.1, -0.05) is 29.8 Å². The molecule has 11 nitrogen and oxygen atoms in total. The standard InChI is InChI=1S/C30H28ClN5O6/c1-15-16-11-12-21(18(16)10-9-17(15)29(41)42-30(2,3)4)34-27(38)24-13-23(28(39)40)33-25-19(14-32-36(24)25)26(37)35-22-8-6-5-7-20(22)31/h5-10,13-14,21H,11-12H2,1-4H3,(H,34,38)(H,35,37)(H,39,40)/t21-/m0/s1. The van der Waals surface area contributed by atoms with Crippen LogP contribution < -0.4 is 10.6 Å². The third-order valence-corrected chi connectivity index (χ3v) is 7.24. The van der Waals surface area contributed by atoms with Gasteiger partial charge in [-0.2, -0.15) is 5.10 Å². The van der Waals surface area contributed by atoms with Gasteiger partial charge >= 0.3 is 11.9 Å². The Morgan fingerprint density at radius 3 is 2.50 bits per heavy atom. The van der Waals surface area contributed by atoms with Crippen LogP contribution in [0.3, 0.4) is 0 Å². The number of nitrogens with one attached hydrogen (secondary N) is 2. The number of carboxylic acid groups (broad SMARTS) is 1. The van der Waals surface area contributed by atoms with Gasteiger partial charge in [-0.25, -0.2) is 19.1 Å². The van der Waals surface area contributed by atoms with Gasteiger partial charge in [0.25, 0.3) is 11.8 Å². The number of fused-ring (bicyclic) bond motifs is 2. The van der Waals surface area contributed by atoms with E-state index in [1.807, 2.05) is 6.92 Å². The maximum atomic E-state index is 13.5. The molecule has 0 bridgehead atoms. The van der Waals surface area contributed by atoms with Crippen LogP contribution in [-0.4, -0.2) is 49.1 Å². The number of nitrogens with zero attached hydrogens (tertiary/aromatic N) is 3. The Bertz CT molecular complexity index is 1770. The van der Waals surface area contributed by atoms with E-state index < -0.39 is 41.1 Å². The average Bonchev–Trinajstić information content (AvgIpc) is 3.53. The molecule has 4 aromatic rings. The van der Waals surface area contributed by atoms with Gasteiger partial charge in [-0.15, -0.1) is 0 Å². The molecule has 0 saturated heterocycles. The molecule has 2 amide bonds. The highest BCUT2D eigenvalue weighted by Gasteiger charge is 2.30. The third-order valence-electron chi connectivity index (χ3n) is 6.91. The van der Waals surface area contributed by atoms with Crippen molar-refractivity contribution in [3.63, 3.8) is 0 Å². The molecule has 0 unspecified atom stereocenters. The van der Waals surface area contributed by atoms with Gasteiger partial charge in [0.05, 0.1) is 28.5 Å². The first-order valence-corrected chi connectivity index (χ1v) is 13.6. The monoisotopic (exact) mass is 589 g/mol. The van der Waals surface area contributed by atoms with Crippen molar-refractivity contribution < 1.29 is 29.0 Å². The maximum Gasteiger partial charge on any atom is 0.354 e. The summed E-state index contributed by atoms with van der Waals surface area (Å²) < 4.78 is 6.67. The Morgan fingerprint density at radius 1 is 1.07 bits per heavy atom. The number of carboxylic acids is 1. The van der Waals surface area contributed by atoms with E-state index in [1.54, 1.807) is 57.2 Å². The first-order chi connectivity index (χ1) is 19.8. The number of aromatic carboxylic acids is 1. The molecule has 1 atom stereocenters. The summed E-state index contributed by atoms with van der Waals surface area (Å²) in [4.78, 5) is 55.3. The van der Waals surface area contributed by atoms with Gasteiger partial charge in [0.1, 0.15) is 16.9 Å². The number of rotatable bonds is 6. The number of anilines is 1. The van der Waals surface area contributed by atoms with E-state index in [2.05, 4.69) is 20.7 Å². The average molecular weight is 590 g/mol. The normalized spacial score (nSPS) is 14.4. The highest BCUT2D eigenvalue weighted by molar-refractivity contribution is 6.34. The molecule has 12 heteroatoms. The lowest BCUT2D eigenvalue weighted by molar-refractivity contribution is 0.00681. The summed E-state index contributed by atoms with van der Waals surface area (Å²) in [6.07, 6.45) is 2.41. The van der Waals surface area contributed by atoms with Gasteiger partial charge in [0.15, 0.2) is 11.3 Å². The molecule has 5 rings (SSSR count). The van der Waals surface area contributed by atoms with E-state index >= 15 is 0 Å². The third kappa shape index (κ3) is 5.55. The van der Waals surface area contributed by atoms with Crippen LogP contribution in [0.15, 0.2) is 48.7 Å². The van der Waals surface area contributed by atoms with E-state index in [0.717, 1.165) is 27.3 Å². The van der Waals surface area contributed by atoms with Crippen molar-refractivity contribution in [2.45, 2.75) is 52.2 Å². The Kier molecular flexibility index (Phi) is 7.46. The first-order valence-electron chi connectivity index (χ1n) is 13.2. The second-order valence-electron chi connectivity index (χ2n) is 10.9. The molecule has 2 aromatic carbocycles. The molecular formula is C30H28ClN5O6. The molecule has 2 aromatic heterocycles. The Hall–Kier alpha value is -4.77. The quantitative estimate of drug-likeness (QED) is 0.265. The van der Waals surface area contributed by atoms with Crippen LogP contribution in [0.5, 0.6) is 0 Å². The molecule has 42 heavy (non-hydrogen) atoms. The molecule has 0 radical (unpaired) electrons. The Labute approximate surface area is 245 Å². The van der Waals surface area contributed by atoms with Crippen molar-refractivity contribution in [1.82, 2.24) is 19.9 Å². The highest BCUT2D eigenvalue weighted by Crippen LogP contribution is 2.35. The van der Waals surface area contributed by atoms with Gasteiger partial charge in [0, 0.05) is 6.07 Å². The zero-order valence-corrected chi connectivity index (χ0v) is 24.1. The molecule has 0 fully saturated rings. The summed E-state index contributed by atoms with van der Waals surface area (Å²) in [5, 5.41) is 19.8. The van der Waals surface area contributed by atoms with Gasteiger partial charge in [0.2, 0.25) is 0 Å². The first kappa shape index (κ1) is 28.7. The second-order valence-corrected chi connectivity index (χ2v) is 11.3. The molecule has 2 heterocycles. The van der Waals surface area contributed by atoms with Crippen LogP contribution >= 0.6 is 11.6 Å². The smallest absolute Gasteiger partial charge is 0.354 e. The fourth-order valence-corrected chi connectivity index (χ4v) is 5.15. The number of carbonyl (C=O) groups excluding carboxylic acids is 3. The van der Waals surface area contributed by atoms with Gasteiger partial charge in [-0.05, 0) is 75.4 Å². The number of para-hydroxylation sites is 1. The second kappa shape index (κ2) is 10.9. The number of aromatic nitrogens is 3. The molecule has 216 valence electrons. The van der Waals surface area contributed by atoms with Crippen LogP contribution in [0, 0.1) is 6.92 Å². The van der Waals surface area contributed by atoms with Crippen LogP contribution in [-0.2, 0) is 11.2 Å². The summed E-state index contributed by atoms with van der Waals surface area (Å²) in [5.74, 6) is -3.01. The van der Waals surface area contributed by atoms with Crippen molar-refractivity contribution in [1.29, 1.82) is 0 Å². The number of hydrogen-bond acceptors (Lipinski definition) is 7. The Morgan fingerprint density at radius 2 is 1.81 bits per heavy atom. The number of benzene rings is 2. The summed E-state index contributed by atoms with van der Waals surface area (Å²) in [5.41, 5.74) is 2.11. The number of amides is 2. The van der Waals surface area contributed by atoms with Gasteiger partial charge < -0.3 is 20.5 Å². The number of esters is 1. The predicted octanol–water partition coefficient (Wildman–Crippen LogP) is 5.01. The SMILES string of the molecule is Cc1c(C(=O)OC(C)(C)C)ccc2c1CC[C@@H]2NC(=O)c1cc(C(=O)O)nc2c(C(=O)Nc3ccccc3Cl)cnn12. The zero-order chi connectivity index (χ0) is 30.3. The molecule has 1 aliphatic carbocycles. The van der Waals surface area contributed by atoms with Crippen molar-refractivity contribution >= 4 is 46.7 Å². The topological polar surface area (TPSA) is 152 Å². The lowest BCUT2D eigenvalue weighted by Gasteiger charge is -2.21. The molecule has 1 aliphatic rings. The highest BCUT2D eigenvalue weighted by atomic mass is 35.5.